The van der Waals surface area contributed by atoms with Crippen LogP contribution < -0.4 is 5.56 Å². The van der Waals surface area contributed by atoms with Crippen molar-refractivity contribution in [3.63, 3.8) is 0 Å². The highest BCUT2D eigenvalue weighted by molar-refractivity contribution is 7.16. The van der Waals surface area contributed by atoms with Gasteiger partial charge in [0.2, 0.25) is 4.96 Å². The minimum absolute atomic E-state index is 0.113. The second kappa shape index (κ2) is 4.74. The SMILES string of the molecule is Cc1nn2c(=O)cc(CN3CCn4ccnc4C3)nc2s1. The summed E-state index contributed by atoms with van der Waals surface area (Å²) in [5.74, 6) is 1.06. The second-order valence-corrected chi connectivity index (χ2v) is 6.31. The molecule has 108 valence electrons. The lowest BCUT2D eigenvalue weighted by Gasteiger charge is -2.26. The summed E-state index contributed by atoms with van der Waals surface area (Å²) in [4.78, 5) is 23.9. The van der Waals surface area contributed by atoms with E-state index in [1.807, 2.05) is 19.3 Å². The lowest BCUT2D eigenvalue weighted by molar-refractivity contribution is 0.206. The topological polar surface area (TPSA) is 68.3 Å². The Morgan fingerprint density at radius 1 is 1.38 bits per heavy atom. The molecule has 0 amide bonds. The van der Waals surface area contributed by atoms with Gasteiger partial charge in [0, 0.05) is 38.1 Å². The Bertz CT molecular complexity index is 863. The van der Waals surface area contributed by atoms with Crippen LogP contribution >= 0.6 is 11.3 Å². The molecule has 0 saturated heterocycles. The summed E-state index contributed by atoms with van der Waals surface area (Å²) in [5.41, 5.74) is 0.682. The Morgan fingerprint density at radius 3 is 3.19 bits per heavy atom. The molecule has 0 saturated carbocycles. The molecule has 0 atom stereocenters. The molecule has 0 aliphatic carbocycles. The number of rotatable bonds is 2. The van der Waals surface area contributed by atoms with Gasteiger partial charge in [0.1, 0.15) is 10.8 Å². The predicted octanol–water partition coefficient (Wildman–Crippen LogP) is 0.672. The van der Waals surface area contributed by atoms with E-state index < -0.39 is 0 Å². The van der Waals surface area contributed by atoms with Crippen LogP contribution in [0.25, 0.3) is 4.96 Å². The first-order chi connectivity index (χ1) is 10.2. The molecule has 0 fully saturated rings. The first-order valence-corrected chi connectivity index (χ1v) is 7.59. The van der Waals surface area contributed by atoms with Crippen LogP contribution in [0.1, 0.15) is 16.5 Å². The molecule has 0 bridgehead atoms. The molecule has 0 spiro atoms. The van der Waals surface area contributed by atoms with Crippen LogP contribution in [0.3, 0.4) is 0 Å². The number of aryl methyl sites for hydroxylation is 1. The number of nitrogens with zero attached hydrogens (tertiary/aromatic N) is 6. The number of hydrogen-bond acceptors (Lipinski definition) is 6. The van der Waals surface area contributed by atoms with Crippen LogP contribution in [0, 0.1) is 6.92 Å². The summed E-state index contributed by atoms with van der Waals surface area (Å²) in [5, 5.41) is 5.00. The van der Waals surface area contributed by atoms with Gasteiger partial charge >= 0.3 is 0 Å². The maximum absolute atomic E-state index is 12.0. The molecule has 7 nitrogen and oxygen atoms in total. The number of imidazole rings is 1. The van der Waals surface area contributed by atoms with Crippen LogP contribution in [0.2, 0.25) is 0 Å². The van der Waals surface area contributed by atoms with Crippen LogP contribution in [-0.2, 0) is 19.6 Å². The second-order valence-electron chi connectivity index (χ2n) is 5.15. The molecule has 8 heteroatoms. The van der Waals surface area contributed by atoms with Crippen molar-refractivity contribution in [1.82, 2.24) is 29.0 Å². The Kier molecular flexibility index (Phi) is 2.86. The molecule has 1 aliphatic heterocycles. The number of fused-ring (bicyclic) bond motifs is 2. The van der Waals surface area contributed by atoms with Crippen LogP contribution in [0.15, 0.2) is 23.3 Å². The standard InChI is InChI=1S/C13H14N6OS/c1-9-16-19-12(20)6-10(15-13(19)21-9)7-17-4-5-18-3-2-14-11(18)8-17/h2-3,6H,4-5,7-8H2,1H3. The van der Waals surface area contributed by atoms with Crippen molar-refractivity contribution in [2.75, 3.05) is 6.54 Å². The van der Waals surface area contributed by atoms with Gasteiger partial charge in [0.05, 0.1) is 12.2 Å². The van der Waals surface area contributed by atoms with E-state index in [9.17, 15) is 4.79 Å². The fourth-order valence-corrected chi connectivity index (χ4v) is 3.39. The normalized spacial score (nSPS) is 15.5. The van der Waals surface area contributed by atoms with Crippen molar-refractivity contribution in [3.8, 4) is 0 Å². The molecule has 3 aromatic rings. The Labute approximate surface area is 124 Å². The zero-order valence-corrected chi connectivity index (χ0v) is 12.4. The highest BCUT2D eigenvalue weighted by atomic mass is 32.1. The van der Waals surface area contributed by atoms with E-state index in [2.05, 4.69) is 24.5 Å². The smallest absolute Gasteiger partial charge is 0.275 e. The molecule has 21 heavy (non-hydrogen) atoms. The molecule has 0 N–H and O–H groups in total. The molecule has 0 unspecified atom stereocenters. The molecule has 4 heterocycles. The lowest BCUT2D eigenvalue weighted by atomic mass is 10.3. The Balaban J connectivity index is 1.62. The first kappa shape index (κ1) is 12.7. The van der Waals surface area contributed by atoms with Gasteiger partial charge in [-0.05, 0) is 6.92 Å². The van der Waals surface area contributed by atoms with Crippen molar-refractivity contribution >= 4 is 16.3 Å². The molecule has 0 aromatic carbocycles. The quantitative estimate of drug-likeness (QED) is 0.696. The van der Waals surface area contributed by atoms with E-state index in [1.54, 1.807) is 6.07 Å². The van der Waals surface area contributed by atoms with Crippen LogP contribution in [-0.4, -0.2) is 35.6 Å². The average molecular weight is 302 g/mol. The minimum Gasteiger partial charge on any atom is -0.333 e. The van der Waals surface area contributed by atoms with Crippen molar-refractivity contribution in [3.05, 3.63) is 45.3 Å². The van der Waals surface area contributed by atoms with Gasteiger partial charge in [-0.15, -0.1) is 0 Å². The monoisotopic (exact) mass is 302 g/mol. The Hall–Kier alpha value is -2.06. The van der Waals surface area contributed by atoms with Crippen molar-refractivity contribution in [2.24, 2.45) is 0 Å². The average Bonchev–Trinajstić information content (AvgIpc) is 3.04. The third kappa shape index (κ3) is 2.26. The maximum atomic E-state index is 12.0. The highest BCUT2D eigenvalue weighted by Gasteiger charge is 2.18. The maximum Gasteiger partial charge on any atom is 0.275 e. The van der Waals surface area contributed by atoms with Crippen LogP contribution in [0.5, 0.6) is 0 Å². The van der Waals surface area contributed by atoms with E-state index in [-0.39, 0.29) is 5.56 Å². The summed E-state index contributed by atoms with van der Waals surface area (Å²) in [6, 6.07) is 1.58. The van der Waals surface area contributed by atoms with Crippen molar-refractivity contribution < 1.29 is 0 Å². The van der Waals surface area contributed by atoms with Crippen molar-refractivity contribution in [1.29, 1.82) is 0 Å². The van der Waals surface area contributed by atoms with E-state index in [0.29, 0.717) is 11.5 Å². The third-order valence-electron chi connectivity index (χ3n) is 3.61. The number of hydrogen-bond donors (Lipinski definition) is 0. The fourth-order valence-electron chi connectivity index (χ4n) is 2.62. The van der Waals surface area contributed by atoms with Crippen molar-refractivity contribution in [2.45, 2.75) is 26.6 Å². The van der Waals surface area contributed by atoms with Gasteiger partial charge in [-0.1, -0.05) is 11.3 Å². The fraction of sp³-hybridized carbons (Fsp3) is 0.385. The van der Waals surface area contributed by atoms with Gasteiger partial charge in [0.15, 0.2) is 0 Å². The summed E-state index contributed by atoms with van der Waals surface area (Å²) >= 11 is 1.44. The van der Waals surface area contributed by atoms with Gasteiger partial charge in [-0.3, -0.25) is 9.69 Å². The molecular weight excluding hydrogens is 288 g/mol. The van der Waals surface area contributed by atoms with E-state index >= 15 is 0 Å². The number of aromatic nitrogens is 5. The summed E-state index contributed by atoms with van der Waals surface area (Å²) in [7, 11) is 0. The largest absolute Gasteiger partial charge is 0.333 e. The minimum atomic E-state index is -0.113. The predicted molar refractivity (Wildman–Crippen MR) is 78.2 cm³/mol. The molecule has 3 aromatic heterocycles. The molecule has 0 radical (unpaired) electrons. The summed E-state index contributed by atoms with van der Waals surface area (Å²) in [6.07, 6.45) is 3.83. The van der Waals surface area contributed by atoms with Gasteiger partial charge in [-0.2, -0.15) is 9.61 Å². The zero-order valence-electron chi connectivity index (χ0n) is 11.6. The van der Waals surface area contributed by atoms with E-state index in [0.717, 1.165) is 36.2 Å². The lowest BCUT2D eigenvalue weighted by Crippen LogP contribution is -2.33. The molecular formula is C13H14N6OS. The van der Waals surface area contributed by atoms with Gasteiger partial charge in [-0.25, -0.2) is 9.97 Å². The van der Waals surface area contributed by atoms with E-state index in [4.69, 9.17) is 0 Å². The summed E-state index contributed by atoms with van der Waals surface area (Å²) < 4.78 is 3.53. The zero-order chi connectivity index (χ0) is 14.4. The van der Waals surface area contributed by atoms with Gasteiger partial charge < -0.3 is 4.57 Å². The first-order valence-electron chi connectivity index (χ1n) is 6.78. The molecule has 1 aliphatic rings. The van der Waals surface area contributed by atoms with Crippen LogP contribution in [0.4, 0.5) is 0 Å². The highest BCUT2D eigenvalue weighted by Crippen LogP contribution is 2.14. The molecule has 4 rings (SSSR count). The Morgan fingerprint density at radius 2 is 2.29 bits per heavy atom. The van der Waals surface area contributed by atoms with Gasteiger partial charge in [0.25, 0.3) is 5.56 Å². The van der Waals surface area contributed by atoms with E-state index in [1.165, 1.54) is 15.9 Å². The third-order valence-corrected chi connectivity index (χ3v) is 4.43. The summed E-state index contributed by atoms with van der Waals surface area (Å²) in [6.45, 7) is 5.19.